The Hall–Kier alpha value is -1.84. The topological polar surface area (TPSA) is 79.0 Å². The summed E-state index contributed by atoms with van der Waals surface area (Å²) in [5, 5.41) is 3.69. The summed E-state index contributed by atoms with van der Waals surface area (Å²) < 4.78 is 32.5. The number of sulfonamides is 1. The summed E-state index contributed by atoms with van der Waals surface area (Å²) >= 11 is 11.9. The summed E-state index contributed by atoms with van der Waals surface area (Å²) in [6.45, 7) is 3.80. The van der Waals surface area contributed by atoms with Crippen molar-refractivity contribution in [2.75, 3.05) is 49.6 Å². The van der Waals surface area contributed by atoms with Crippen LogP contribution in [0.2, 0.25) is 10.0 Å². The van der Waals surface area contributed by atoms with Gasteiger partial charge in [-0.3, -0.25) is 4.79 Å². The highest BCUT2D eigenvalue weighted by Crippen LogP contribution is 2.27. The number of benzene rings is 2. The molecule has 2 aromatic rings. The molecule has 1 amide bonds. The number of carbonyl (C=O) groups excluding carboxylic acids is 1. The average Bonchev–Trinajstić information content (AvgIpc) is 2.82. The third-order valence-corrected chi connectivity index (χ3v) is 8.65. The van der Waals surface area contributed by atoms with Gasteiger partial charge < -0.3 is 15.0 Å². The molecule has 0 radical (unpaired) electrons. The summed E-state index contributed by atoms with van der Waals surface area (Å²) in [5.74, 6) is -0.438. The van der Waals surface area contributed by atoms with Gasteiger partial charge in [-0.1, -0.05) is 29.3 Å². The van der Waals surface area contributed by atoms with Gasteiger partial charge in [0.1, 0.15) is 0 Å². The molecule has 2 fully saturated rings. The number of carbonyl (C=O) groups is 1. The largest absolute Gasteiger partial charge is 0.378 e. The lowest BCUT2D eigenvalue weighted by Gasteiger charge is -2.31. The number of anilines is 2. The molecule has 33 heavy (non-hydrogen) atoms. The van der Waals surface area contributed by atoms with E-state index in [1.54, 1.807) is 18.2 Å². The number of hydrogen-bond donors (Lipinski definition) is 1. The number of morpholine rings is 1. The highest BCUT2D eigenvalue weighted by Gasteiger charge is 2.31. The molecule has 4 rings (SSSR count). The van der Waals surface area contributed by atoms with Crippen LogP contribution >= 0.6 is 23.2 Å². The first-order valence-electron chi connectivity index (χ1n) is 11.0. The average molecular weight is 512 g/mol. The van der Waals surface area contributed by atoms with Crippen molar-refractivity contribution in [3.63, 3.8) is 0 Å². The van der Waals surface area contributed by atoms with Gasteiger partial charge in [-0.25, -0.2) is 12.7 Å². The van der Waals surface area contributed by atoms with Gasteiger partial charge in [0.2, 0.25) is 15.9 Å². The molecule has 2 aliphatic heterocycles. The summed E-state index contributed by atoms with van der Waals surface area (Å²) in [6.07, 6.45) is 0.969. The minimum atomic E-state index is -3.50. The van der Waals surface area contributed by atoms with Crippen molar-refractivity contribution < 1.29 is 17.9 Å². The zero-order valence-corrected chi connectivity index (χ0v) is 20.5. The van der Waals surface area contributed by atoms with Crippen molar-refractivity contribution in [2.24, 2.45) is 5.92 Å². The van der Waals surface area contributed by atoms with E-state index in [-0.39, 0.29) is 17.6 Å². The summed E-state index contributed by atoms with van der Waals surface area (Å²) in [5.41, 5.74) is 2.44. The molecular formula is C23H27Cl2N3O4S. The van der Waals surface area contributed by atoms with E-state index in [4.69, 9.17) is 27.9 Å². The second-order valence-electron chi connectivity index (χ2n) is 8.31. The minimum Gasteiger partial charge on any atom is -0.378 e. The van der Waals surface area contributed by atoms with Crippen molar-refractivity contribution in [1.29, 1.82) is 0 Å². The van der Waals surface area contributed by atoms with Crippen LogP contribution in [0.3, 0.4) is 0 Å². The summed E-state index contributed by atoms with van der Waals surface area (Å²) in [4.78, 5) is 15.0. The molecule has 0 saturated carbocycles. The smallest absolute Gasteiger partial charge is 0.227 e. The van der Waals surface area contributed by atoms with Gasteiger partial charge >= 0.3 is 0 Å². The standard InChI is InChI=1S/C23H27Cl2N3O4S/c24-21-6-1-17(15-22(21)25)16-33(30,31)28-9-7-18(8-10-28)23(29)26-19-2-4-20(5-3-19)27-11-13-32-14-12-27/h1-6,15,18H,7-14,16H2,(H,26,29). The van der Waals surface area contributed by atoms with Crippen LogP contribution in [0.25, 0.3) is 0 Å². The number of nitrogens with zero attached hydrogens (tertiary/aromatic N) is 2. The first-order chi connectivity index (χ1) is 15.8. The van der Waals surface area contributed by atoms with Gasteiger partial charge in [-0.15, -0.1) is 0 Å². The number of ether oxygens (including phenoxy) is 1. The molecule has 2 aromatic carbocycles. The SMILES string of the molecule is O=C(Nc1ccc(N2CCOCC2)cc1)C1CCN(S(=O)(=O)Cc2ccc(Cl)c(Cl)c2)CC1. The number of amides is 1. The maximum Gasteiger partial charge on any atom is 0.227 e. The van der Waals surface area contributed by atoms with Crippen molar-refractivity contribution in [3.8, 4) is 0 Å². The third kappa shape index (κ3) is 6.19. The van der Waals surface area contributed by atoms with Gasteiger partial charge in [-0.2, -0.15) is 0 Å². The first-order valence-corrected chi connectivity index (χ1v) is 13.3. The lowest BCUT2D eigenvalue weighted by molar-refractivity contribution is -0.120. The maximum absolute atomic E-state index is 12.8. The molecular weight excluding hydrogens is 485 g/mol. The molecule has 10 heteroatoms. The van der Waals surface area contributed by atoms with Crippen molar-refractivity contribution in [1.82, 2.24) is 4.31 Å². The van der Waals surface area contributed by atoms with Crippen LogP contribution in [0.5, 0.6) is 0 Å². The number of nitrogens with one attached hydrogen (secondary N) is 1. The Kier molecular flexibility index (Phi) is 7.81. The maximum atomic E-state index is 12.8. The Balaban J connectivity index is 1.29. The molecule has 1 N–H and O–H groups in total. The monoisotopic (exact) mass is 511 g/mol. The fraction of sp³-hybridized carbons (Fsp3) is 0.435. The number of hydrogen-bond acceptors (Lipinski definition) is 5. The van der Waals surface area contributed by atoms with E-state index in [0.29, 0.717) is 41.5 Å². The van der Waals surface area contributed by atoms with Crippen LogP contribution in [-0.4, -0.2) is 58.0 Å². The third-order valence-electron chi connectivity index (χ3n) is 6.06. The molecule has 0 bridgehead atoms. The fourth-order valence-corrected chi connectivity index (χ4v) is 6.02. The van der Waals surface area contributed by atoms with Crippen LogP contribution in [0, 0.1) is 5.92 Å². The zero-order chi connectivity index (χ0) is 23.4. The normalized spacial score (nSPS) is 18.3. The van der Waals surface area contributed by atoms with Gasteiger partial charge in [0.05, 0.1) is 29.0 Å². The van der Waals surface area contributed by atoms with Crippen LogP contribution in [0.15, 0.2) is 42.5 Å². The zero-order valence-electron chi connectivity index (χ0n) is 18.2. The van der Waals surface area contributed by atoms with E-state index in [2.05, 4.69) is 10.2 Å². The molecule has 0 spiro atoms. The molecule has 2 aliphatic rings. The quantitative estimate of drug-likeness (QED) is 0.633. The van der Waals surface area contributed by atoms with E-state index in [1.165, 1.54) is 4.31 Å². The van der Waals surface area contributed by atoms with Crippen LogP contribution in [0.1, 0.15) is 18.4 Å². The summed E-state index contributed by atoms with van der Waals surface area (Å²) in [6, 6.07) is 12.6. The molecule has 2 saturated heterocycles. The van der Waals surface area contributed by atoms with E-state index in [0.717, 1.165) is 37.7 Å². The lowest BCUT2D eigenvalue weighted by atomic mass is 9.97. The molecule has 2 heterocycles. The van der Waals surface area contributed by atoms with E-state index < -0.39 is 10.0 Å². The molecule has 0 atom stereocenters. The highest BCUT2D eigenvalue weighted by molar-refractivity contribution is 7.88. The molecule has 0 unspecified atom stereocenters. The Bertz CT molecular complexity index is 1080. The van der Waals surface area contributed by atoms with E-state index in [1.807, 2.05) is 24.3 Å². The Morgan fingerprint density at radius 3 is 2.27 bits per heavy atom. The van der Waals surface area contributed by atoms with Crippen molar-refractivity contribution >= 4 is 50.5 Å². The van der Waals surface area contributed by atoms with Gasteiger partial charge in [0, 0.05) is 43.5 Å². The predicted octanol–water partition coefficient (Wildman–Crippen LogP) is 4.01. The second-order valence-corrected chi connectivity index (χ2v) is 11.1. The van der Waals surface area contributed by atoms with E-state index >= 15 is 0 Å². The Morgan fingerprint density at radius 1 is 0.970 bits per heavy atom. The highest BCUT2D eigenvalue weighted by atomic mass is 35.5. The van der Waals surface area contributed by atoms with Crippen LogP contribution in [-0.2, 0) is 25.3 Å². The minimum absolute atomic E-state index is 0.0735. The Labute approximate surface area is 204 Å². The molecule has 0 aromatic heterocycles. The number of piperidine rings is 1. The lowest BCUT2D eigenvalue weighted by Crippen LogP contribution is -2.41. The van der Waals surface area contributed by atoms with Crippen molar-refractivity contribution in [3.05, 3.63) is 58.1 Å². The van der Waals surface area contributed by atoms with Crippen LogP contribution in [0.4, 0.5) is 11.4 Å². The van der Waals surface area contributed by atoms with Crippen molar-refractivity contribution in [2.45, 2.75) is 18.6 Å². The molecule has 0 aliphatic carbocycles. The van der Waals surface area contributed by atoms with Crippen LogP contribution < -0.4 is 10.2 Å². The van der Waals surface area contributed by atoms with Gasteiger partial charge in [0.15, 0.2) is 0 Å². The molecule has 7 nitrogen and oxygen atoms in total. The van der Waals surface area contributed by atoms with E-state index in [9.17, 15) is 13.2 Å². The van der Waals surface area contributed by atoms with Gasteiger partial charge in [0.25, 0.3) is 0 Å². The number of halogens is 2. The first kappa shape index (κ1) is 24.3. The molecule has 178 valence electrons. The second kappa shape index (κ2) is 10.6. The van der Waals surface area contributed by atoms with Gasteiger partial charge in [-0.05, 0) is 54.8 Å². The fourth-order valence-electron chi connectivity index (χ4n) is 4.15. The Morgan fingerprint density at radius 2 is 1.64 bits per heavy atom. The number of rotatable bonds is 6. The summed E-state index contributed by atoms with van der Waals surface area (Å²) in [7, 11) is -3.50. The predicted molar refractivity (Wildman–Crippen MR) is 131 cm³/mol.